The standard InChI is InChI=1S/C15H31NO/c1-3-4-5-6-10-15(17)12-11-14-9-7-8-13(2)16-14/h13-17H,3-12H2,1-2H3/t13-,14-,15?/m0/s1. The molecule has 0 saturated carbocycles. The van der Waals surface area contributed by atoms with Gasteiger partial charge in [-0.25, -0.2) is 0 Å². The van der Waals surface area contributed by atoms with E-state index in [-0.39, 0.29) is 6.10 Å². The van der Waals surface area contributed by atoms with Crippen LogP contribution in [0.4, 0.5) is 0 Å². The Morgan fingerprint density at radius 2 is 2.00 bits per heavy atom. The maximum atomic E-state index is 9.92. The van der Waals surface area contributed by atoms with Crippen LogP contribution in [0, 0.1) is 0 Å². The molecule has 1 aliphatic rings. The maximum absolute atomic E-state index is 9.92. The summed E-state index contributed by atoms with van der Waals surface area (Å²) in [6.45, 7) is 4.50. The Morgan fingerprint density at radius 1 is 1.18 bits per heavy atom. The van der Waals surface area contributed by atoms with Crippen molar-refractivity contribution in [3.63, 3.8) is 0 Å². The van der Waals surface area contributed by atoms with Crippen LogP contribution in [0.15, 0.2) is 0 Å². The normalized spacial score (nSPS) is 27.0. The molecule has 0 aliphatic carbocycles. The lowest BCUT2D eigenvalue weighted by Crippen LogP contribution is -2.40. The van der Waals surface area contributed by atoms with Crippen molar-refractivity contribution in [2.75, 3.05) is 0 Å². The molecule has 0 aromatic carbocycles. The number of hydrogen-bond acceptors (Lipinski definition) is 2. The largest absolute Gasteiger partial charge is 0.393 e. The summed E-state index contributed by atoms with van der Waals surface area (Å²) in [5.74, 6) is 0. The number of aliphatic hydroxyl groups is 1. The highest BCUT2D eigenvalue weighted by atomic mass is 16.3. The van der Waals surface area contributed by atoms with Crippen molar-refractivity contribution in [3.05, 3.63) is 0 Å². The van der Waals surface area contributed by atoms with Crippen LogP contribution in [-0.2, 0) is 0 Å². The van der Waals surface area contributed by atoms with Crippen LogP contribution in [0.25, 0.3) is 0 Å². The highest BCUT2D eigenvalue weighted by molar-refractivity contribution is 4.78. The molecule has 0 radical (unpaired) electrons. The molecule has 102 valence electrons. The van der Waals surface area contributed by atoms with Gasteiger partial charge >= 0.3 is 0 Å². The first-order valence-corrected chi connectivity index (χ1v) is 7.66. The zero-order valence-electron chi connectivity index (χ0n) is 11.8. The van der Waals surface area contributed by atoms with Crippen LogP contribution >= 0.6 is 0 Å². The third-order valence-electron chi connectivity index (χ3n) is 3.95. The van der Waals surface area contributed by atoms with Gasteiger partial charge in [0.05, 0.1) is 6.10 Å². The molecule has 2 nitrogen and oxygen atoms in total. The van der Waals surface area contributed by atoms with Gasteiger partial charge in [0, 0.05) is 12.1 Å². The fourth-order valence-electron chi connectivity index (χ4n) is 2.81. The van der Waals surface area contributed by atoms with Gasteiger partial charge in [0.15, 0.2) is 0 Å². The second kappa shape index (κ2) is 8.93. The Kier molecular flexibility index (Phi) is 7.87. The molecule has 0 spiro atoms. The maximum Gasteiger partial charge on any atom is 0.0540 e. The lowest BCUT2D eigenvalue weighted by Gasteiger charge is -2.29. The van der Waals surface area contributed by atoms with Crippen molar-refractivity contribution < 1.29 is 5.11 Å². The van der Waals surface area contributed by atoms with E-state index in [9.17, 15) is 5.11 Å². The van der Waals surface area contributed by atoms with Crippen LogP contribution in [0.2, 0.25) is 0 Å². The summed E-state index contributed by atoms with van der Waals surface area (Å²) in [5, 5.41) is 13.6. The van der Waals surface area contributed by atoms with Gasteiger partial charge in [-0.2, -0.15) is 0 Å². The minimum absolute atomic E-state index is 0.0640. The molecular formula is C15H31NO. The van der Waals surface area contributed by atoms with Crippen LogP contribution in [0.1, 0.15) is 78.1 Å². The first-order valence-electron chi connectivity index (χ1n) is 7.66. The predicted octanol–water partition coefficient (Wildman–Crippen LogP) is 3.63. The van der Waals surface area contributed by atoms with E-state index >= 15 is 0 Å². The predicted molar refractivity (Wildman–Crippen MR) is 74.2 cm³/mol. The van der Waals surface area contributed by atoms with Crippen molar-refractivity contribution in [1.82, 2.24) is 5.32 Å². The molecule has 1 unspecified atom stereocenters. The molecule has 3 atom stereocenters. The third kappa shape index (κ3) is 7.05. The highest BCUT2D eigenvalue weighted by Crippen LogP contribution is 2.18. The van der Waals surface area contributed by atoms with Gasteiger partial charge in [0.25, 0.3) is 0 Å². The molecule has 1 aliphatic heterocycles. The Labute approximate surface area is 107 Å². The summed E-state index contributed by atoms with van der Waals surface area (Å²) in [5.41, 5.74) is 0. The monoisotopic (exact) mass is 241 g/mol. The van der Waals surface area contributed by atoms with E-state index in [0.717, 1.165) is 19.3 Å². The summed E-state index contributed by atoms with van der Waals surface area (Å²) < 4.78 is 0. The molecule has 1 saturated heterocycles. The fraction of sp³-hybridized carbons (Fsp3) is 1.00. The van der Waals surface area contributed by atoms with Gasteiger partial charge < -0.3 is 10.4 Å². The summed E-state index contributed by atoms with van der Waals surface area (Å²) in [7, 11) is 0. The topological polar surface area (TPSA) is 32.3 Å². The molecule has 1 rings (SSSR count). The first kappa shape index (κ1) is 15.0. The van der Waals surface area contributed by atoms with Gasteiger partial charge in [-0.15, -0.1) is 0 Å². The van der Waals surface area contributed by atoms with Crippen molar-refractivity contribution in [3.8, 4) is 0 Å². The van der Waals surface area contributed by atoms with Gasteiger partial charge in [-0.05, 0) is 39.0 Å². The van der Waals surface area contributed by atoms with E-state index in [1.165, 1.54) is 44.9 Å². The fourth-order valence-corrected chi connectivity index (χ4v) is 2.81. The summed E-state index contributed by atoms with van der Waals surface area (Å²) in [4.78, 5) is 0. The number of piperidine rings is 1. The number of rotatable bonds is 8. The van der Waals surface area contributed by atoms with Crippen LogP contribution in [-0.4, -0.2) is 23.3 Å². The first-order chi connectivity index (χ1) is 8.22. The summed E-state index contributed by atoms with van der Waals surface area (Å²) in [6, 6.07) is 1.33. The summed E-state index contributed by atoms with van der Waals surface area (Å²) in [6.07, 6.45) is 12.1. The van der Waals surface area contributed by atoms with Gasteiger partial charge in [0.2, 0.25) is 0 Å². The average Bonchev–Trinajstić information content (AvgIpc) is 2.32. The lowest BCUT2D eigenvalue weighted by atomic mass is 9.94. The third-order valence-corrected chi connectivity index (χ3v) is 3.95. The second-order valence-corrected chi connectivity index (χ2v) is 5.78. The molecule has 2 heteroatoms. The smallest absolute Gasteiger partial charge is 0.0540 e. The average molecular weight is 241 g/mol. The lowest BCUT2D eigenvalue weighted by molar-refractivity contribution is 0.140. The Morgan fingerprint density at radius 3 is 2.71 bits per heavy atom. The molecule has 17 heavy (non-hydrogen) atoms. The Balaban J connectivity index is 2.00. The number of nitrogens with one attached hydrogen (secondary N) is 1. The molecule has 0 bridgehead atoms. The minimum Gasteiger partial charge on any atom is -0.393 e. The van der Waals surface area contributed by atoms with Crippen LogP contribution < -0.4 is 5.32 Å². The number of aliphatic hydroxyl groups excluding tert-OH is 1. The van der Waals surface area contributed by atoms with Crippen molar-refractivity contribution >= 4 is 0 Å². The molecule has 1 heterocycles. The number of hydrogen-bond donors (Lipinski definition) is 2. The van der Waals surface area contributed by atoms with Crippen molar-refractivity contribution in [2.24, 2.45) is 0 Å². The van der Waals surface area contributed by atoms with E-state index in [4.69, 9.17) is 0 Å². The van der Waals surface area contributed by atoms with E-state index in [1.54, 1.807) is 0 Å². The molecule has 0 amide bonds. The molecular weight excluding hydrogens is 210 g/mol. The van der Waals surface area contributed by atoms with Crippen LogP contribution in [0.5, 0.6) is 0 Å². The molecule has 1 fully saturated rings. The van der Waals surface area contributed by atoms with Gasteiger partial charge in [-0.1, -0.05) is 39.0 Å². The molecule has 0 aromatic heterocycles. The van der Waals surface area contributed by atoms with E-state index in [0.29, 0.717) is 12.1 Å². The quantitative estimate of drug-likeness (QED) is 0.636. The number of unbranched alkanes of at least 4 members (excludes halogenated alkanes) is 3. The highest BCUT2D eigenvalue weighted by Gasteiger charge is 2.18. The Hall–Kier alpha value is -0.0800. The van der Waals surface area contributed by atoms with Crippen molar-refractivity contribution in [2.45, 2.75) is 96.2 Å². The zero-order valence-corrected chi connectivity index (χ0v) is 11.8. The van der Waals surface area contributed by atoms with E-state index < -0.39 is 0 Å². The minimum atomic E-state index is -0.0640. The van der Waals surface area contributed by atoms with Gasteiger partial charge in [0.1, 0.15) is 0 Å². The van der Waals surface area contributed by atoms with E-state index in [2.05, 4.69) is 19.2 Å². The van der Waals surface area contributed by atoms with Crippen LogP contribution in [0.3, 0.4) is 0 Å². The summed E-state index contributed by atoms with van der Waals surface area (Å²) >= 11 is 0. The molecule has 2 N–H and O–H groups in total. The van der Waals surface area contributed by atoms with E-state index in [1.807, 2.05) is 0 Å². The Bertz CT molecular complexity index is 184. The second-order valence-electron chi connectivity index (χ2n) is 5.78. The van der Waals surface area contributed by atoms with Gasteiger partial charge in [-0.3, -0.25) is 0 Å². The SMILES string of the molecule is CCCCCCC(O)CC[C@@H]1CCC[C@H](C)N1. The molecule has 0 aromatic rings. The van der Waals surface area contributed by atoms with Crippen molar-refractivity contribution in [1.29, 1.82) is 0 Å². The zero-order chi connectivity index (χ0) is 12.5.